The molecule has 2 N–H and O–H groups in total. The number of benzene rings is 1. The van der Waals surface area contributed by atoms with Gasteiger partial charge >= 0.3 is 0 Å². The maximum atomic E-state index is 5.92. The Bertz CT molecular complexity index is 728. The molecule has 3 rings (SSSR count). The molecule has 4 nitrogen and oxygen atoms in total. The molecule has 1 aromatic carbocycles. The Hall–Kier alpha value is -2.14. The third-order valence-corrected chi connectivity index (χ3v) is 3.39. The predicted octanol–water partition coefficient (Wildman–Crippen LogP) is 3.00. The Morgan fingerprint density at radius 2 is 1.89 bits per heavy atom. The van der Waals surface area contributed by atoms with Crippen molar-refractivity contribution in [2.45, 2.75) is 5.16 Å². The van der Waals surface area contributed by atoms with E-state index < -0.39 is 0 Å². The number of hydrogen-bond donors (Lipinski definition) is 1. The minimum absolute atomic E-state index is 0.474. The van der Waals surface area contributed by atoms with E-state index in [0.717, 1.165) is 22.2 Å². The quantitative estimate of drug-likeness (QED) is 0.571. The second kappa shape index (κ2) is 4.85. The minimum atomic E-state index is 0.474. The van der Waals surface area contributed by atoms with Crippen molar-refractivity contribution in [2.75, 3.05) is 12.0 Å². The summed E-state index contributed by atoms with van der Waals surface area (Å²) in [6.45, 7) is 0. The summed E-state index contributed by atoms with van der Waals surface area (Å²) in [4.78, 5) is 13.1. The lowest BCUT2D eigenvalue weighted by molar-refractivity contribution is 1.01. The fourth-order valence-electron chi connectivity index (χ4n) is 1.88. The Balaban J connectivity index is 2.20. The number of nitrogens with zero attached hydrogens (tertiary/aromatic N) is 3. The number of pyridine rings is 1. The lowest BCUT2D eigenvalue weighted by Gasteiger charge is -2.05. The van der Waals surface area contributed by atoms with E-state index in [1.54, 1.807) is 6.20 Å². The average Bonchev–Trinajstić information content (AvgIpc) is 2.47. The van der Waals surface area contributed by atoms with Gasteiger partial charge < -0.3 is 5.73 Å². The summed E-state index contributed by atoms with van der Waals surface area (Å²) in [5, 5.41) is 1.47. The van der Waals surface area contributed by atoms with E-state index in [0.29, 0.717) is 11.0 Å². The van der Waals surface area contributed by atoms with E-state index in [9.17, 15) is 0 Å². The molecule has 3 aromatic rings. The van der Waals surface area contributed by atoms with Crippen molar-refractivity contribution >= 4 is 28.5 Å². The third-order valence-electron chi connectivity index (χ3n) is 2.84. The molecule has 19 heavy (non-hydrogen) atoms. The highest BCUT2D eigenvalue weighted by molar-refractivity contribution is 7.98. The van der Waals surface area contributed by atoms with Gasteiger partial charge in [0.1, 0.15) is 5.82 Å². The van der Waals surface area contributed by atoms with Crippen molar-refractivity contribution in [3.63, 3.8) is 0 Å². The Morgan fingerprint density at radius 3 is 2.63 bits per heavy atom. The van der Waals surface area contributed by atoms with Gasteiger partial charge in [0.15, 0.2) is 5.16 Å². The SMILES string of the molecule is CSc1nc(N)c2cnc(-c3ccccc3)cc2n1. The second-order valence-corrected chi connectivity index (χ2v) is 4.82. The fourth-order valence-corrected chi connectivity index (χ4v) is 2.26. The average molecular weight is 268 g/mol. The predicted molar refractivity (Wildman–Crippen MR) is 79.0 cm³/mol. The summed E-state index contributed by atoms with van der Waals surface area (Å²) < 4.78 is 0. The molecule has 0 saturated heterocycles. The molecular weight excluding hydrogens is 256 g/mol. The van der Waals surface area contributed by atoms with Gasteiger partial charge in [0, 0.05) is 11.8 Å². The molecule has 0 spiro atoms. The van der Waals surface area contributed by atoms with Crippen LogP contribution in [0.15, 0.2) is 47.8 Å². The van der Waals surface area contributed by atoms with Gasteiger partial charge in [-0.2, -0.15) is 0 Å². The molecule has 0 radical (unpaired) electrons. The Morgan fingerprint density at radius 1 is 1.11 bits per heavy atom. The Labute approximate surface area is 115 Å². The first-order chi connectivity index (χ1) is 9.28. The molecule has 0 amide bonds. The number of anilines is 1. The molecule has 0 fully saturated rings. The maximum absolute atomic E-state index is 5.92. The van der Waals surface area contributed by atoms with Crippen LogP contribution in [0.4, 0.5) is 5.82 Å². The van der Waals surface area contributed by atoms with Crippen LogP contribution in [0.3, 0.4) is 0 Å². The molecule has 0 aliphatic heterocycles. The number of fused-ring (bicyclic) bond motifs is 1. The first-order valence-corrected chi connectivity index (χ1v) is 7.03. The van der Waals surface area contributed by atoms with Gasteiger partial charge in [0.05, 0.1) is 16.6 Å². The highest BCUT2D eigenvalue weighted by Crippen LogP contribution is 2.24. The van der Waals surface area contributed by atoms with Gasteiger partial charge in [-0.3, -0.25) is 4.98 Å². The van der Waals surface area contributed by atoms with Crippen LogP contribution in [-0.2, 0) is 0 Å². The summed E-state index contributed by atoms with van der Waals surface area (Å²) >= 11 is 1.48. The maximum Gasteiger partial charge on any atom is 0.189 e. The summed E-state index contributed by atoms with van der Waals surface area (Å²) in [7, 11) is 0. The molecule has 94 valence electrons. The van der Waals surface area contributed by atoms with Crippen LogP contribution in [0.2, 0.25) is 0 Å². The van der Waals surface area contributed by atoms with Crippen LogP contribution in [0, 0.1) is 0 Å². The van der Waals surface area contributed by atoms with Gasteiger partial charge in [-0.15, -0.1) is 0 Å². The zero-order valence-electron chi connectivity index (χ0n) is 10.4. The normalized spacial score (nSPS) is 10.8. The van der Waals surface area contributed by atoms with Crippen LogP contribution in [0.5, 0.6) is 0 Å². The van der Waals surface area contributed by atoms with Crippen molar-refractivity contribution in [1.82, 2.24) is 15.0 Å². The van der Waals surface area contributed by atoms with E-state index in [-0.39, 0.29) is 0 Å². The molecule has 0 saturated carbocycles. The van der Waals surface area contributed by atoms with Gasteiger partial charge in [0.25, 0.3) is 0 Å². The molecule has 2 aromatic heterocycles. The third kappa shape index (κ3) is 2.24. The smallest absolute Gasteiger partial charge is 0.189 e. The van der Waals surface area contributed by atoms with E-state index in [2.05, 4.69) is 15.0 Å². The largest absolute Gasteiger partial charge is 0.383 e. The summed E-state index contributed by atoms with van der Waals surface area (Å²) in [5.74, 6) is 0.474. The van der Waals surface area contributed by atoms with Crippen LogP contribution in [0.25, 0.3) is 22.2 Å². The molecule has 2 heterocycles. The van der Waals surface area contributed by atoms with Crippen molar-refractivity contribution in [3.8, 4) is 11.3 Å². The van der Waals surface area contributed by atoms with E-state index in [4.69, 9.17) is 5.73 Å². The van der Waals surface area contributed by atoms with Crippen molar-refractivity contribution in [2.24, 2.45) is 0 Å². The zero-order valence-corrected chi connectivity index (χ0v) is 11.2. The number of thioether (sulfide) groups is 1. The van der Waals surface area contributed by atoms with Crippen LogP contribution < -0.4 is 5.73 Å². The number of nitrogen functional groups attached to an aromatic ring is 1. The van der Waals surface area contributed by atoms with Crippen molar-refractivity contribution in [1.29, 1.82) is 0 Å². The summed E-state index contributed by atoms with van der Waals surface area (Å²) in [6.07, 6.45) is 3.66. The standard InChI is InChI=1S/C14H12N4S/c1-19-14-17-12-7-11(9-5-3-2-4-6-9)16-8-10(12)13(15)18-14/h2-8H,1H3,(H2,15,17,18). The van der Waals surface area contributed by atoms with Gasteiger partial charge in [-0.1, -0.05) is 42.1 Å². The van der Waals surface area contributed by atoms with Gasteiger partial charge in [-0.25, -0.2) is 9.97 Å². The molecule has 5 heteroatoms. The van der Waals surface area contributed by atoms with E-state index >= 15 is 0 Å². The van der Waals surface area contributed by atoms with E-state index in [1.165, 1.54) is 11.8 Å². The van der Waals surface area contributed by atoms with Gasteiger partial charge in [0.2, 0.25) is 0 Å². The van der Waals surface area contributed by atoms with Crippen LogP contribution in [0.1, 0.15) is 0 Å². The second-order valence-electron chi connectivity index (χ2n) is 4.05. The lowest BCUT2D eigenvalue weighted by Crippen LogP contribution is -1.97. The first-order valence-electron chi connectivity index (χ1n) is 5.80. The molecule has 0 aliphatic carbocycles. The molecule has 0 atom stereocenters. The number of aromatic nitrogens is 3. The van der Waals surface area contributed by atoms with E-state index in [1.807, 2.05) is 42.7 Å². The van der Waals surface area contributed by atoms with Crippen molar-refractivity contribution in [3.05, 3.63) is 42.6 Å². The number of nitrogens with two attached hydrogens (primary N) is 1. The summed E-state index contributed by atoms with van der Waals surface area (Å²) in [5.41, 5.74) is 8.69. The molecule has 0 bridgehead atoms. The van der Waals surface area contributed by atoms with Crippen LogP contribution in [-0.4, -0.2) is 21.2 Å². The number of rotatable bonds is 2. The lowest BCUT2D eigenvalue weighted by atomic mass is 10.1. The van der Waals surface area contributed by atoms with Gasteiger partial charge in [-0.05, 0) is 12.3 Å². The topological polar surface area (TPSA) is 64.7 Å². The fraction of sp³-hybridized carbons (Fsp3) is 0.0714. The highest BCUT2D eigenvalue weighted by Gasteiger charge is 2.07. The minimum Gasteiger partial charge on any atom is -0.383 e. The zero-order chi connectivity index (χ0) is 13.2. The Kier molecular flexibility index (Phi) is 3.05. The molecule has 0 unspecified atom stereocenters. The highest BCUT2D eigenvalue weighted by atomic mass is 32.2. The van der Waals surface area contributed by atoms with Crippen molar-refractivity contribution < 1.29 is 0 Å². The monoisotopic (exact) mass is 268 g/mol. The number of hydrogen-bond acceptors (Lipinski definition) is 5. The first kappa shape index (κ1) is 11.9. The van der Waals surface area contributed by atoms with Crippen LogP contribution >= 0.6 is 11.8 Å². The molecular formula is C14H12N4S. The summed E-state index contributed by atoms with van der Waals surface area (Å²) in [6, 6.07) is 12.0. The molecule has 0 aliphatic rings.